The van der Waals surface area contributed by atoms with Gasteiger partial charge < -0.3 is 19.9 Å². The molecule has 0 unspecified atom stereocenters. The summed E-state index contributed by atoms with van der Waals surface area (Å²) in [5.74, 6) is 1.14. The average molecular weight is 293 g/mol. The minimum Gasteiger partial charge on any atom is -0.493 e. The molecular weight excluding hydrogens is 278 g/mol. The molecule has 0 atom stereocenters. The van der Waals surface area contributed by atoms with Gasteiger partial charge in [-0.05, 0) is 23.6 Å². The lowest BCUT2D eigenvalue weighted by atomic mass is 10.0. The van der Waals surface area contributed by atoms with Crippen LogP contribution in [0.1, 0.15) is 15.9 Å². The molecule has 0 radical (unpaired) electrons. The van der Waals surface area contributed by atoms with Crippen LogP contribution in [0.5, 0.6) is 17.2 Å². The highest BCUT2D eigenvalue weighted by Crippen LogP contribution is 2.39. The smallest absolute Gasteiger partial charge is 0.203 e. The summed E-state index contributed by atoms with van der Waals surface area (Å²) in [6.45, 7) is 0. The van der Waals surface area contributed by atoms with E-state index in [1.807, 2.05) is 0 Å². The van der Waals surface area contributed by atoms with Crippen molar-refractivity contribution in [3.05, 3.63) is 34.7 Å². The van der Waals surface area contributed by atoms with E-state index in [4.69, 9.17) is 19.9 Å². The van der Waals surface area contributed by atoms with E-state index in [0.29, 0.717) is 33.4 Å². The monoisotopic (exact) mass is 293 g/mol. The van der Waals surface area contributed by atoms with E-state index in [9.17, 15) is 4.79 Å². The lowest BCUT2D eigenvalue weighted by molar-refractivity contribution is 0.103. The Morgan fingerprint density at radius 3 is 2.10 bits per heavy atom. The van der Waals surface area contributed by atoms with Crippen LogP contribution < -0.4 is 19.9 Å². The molecule has 1 aromatic heterocycles. The first-order valence-electron chi connectivity index (χ1n) is 5.80. The molecular formula is C14H15NO4S. The van der Waals surface area contributed by atoms with E-state index in [1.165, 1.54) is 32.7 Å². The first-order valence-corrected chi connectivity index (χ1v) is 6.68. The summed E-state index contributed by atoms with van der Waals surface area (Å²) in [7, 11) is 4.52. The Kier molecular flexibility index (Phi) is 4.14. The highest BCUT2D eigenvalue weighted by molar-refractivity contribution is 7.14. The number of carbonyl (C=O) groups is 1. The van der Waals surface area contributed by atoms with Crippen LogP contribution in [0.3, 0.4) is 0 Å². The number of benzene rings is 1. The largest absolute Gasteiger partial charge is 0.493 e. The first-order chi connectivity index (χ1) is 9.62. The molecule has 0 amide bonds. The second kappa shape index (κ2) is 5.83. The number of anilines is 1. The van der Waals surface area contributed by atoms with E-state index in [1.54, 1.807) is 23.6 Å². The molecule has 0 fully saturated rings. The maximum atomic E-state index is 12.4. The lowest BCUT2D eigenvalue weighted by Gasteiger charge is -2.13. The van der Waals surface area contributed by atoms with Gasteiger partial charge >= 0.3 is 0 Å². The normalized spacial score (nSPS) is 10.2. The van der Waals surface area contributed by atoms with Crippen molar-refractivity contribution < 1.29 is 19.0 Å². The Balaban J connectivity index is 2.53. The molecule has 1 aromatic carbocycles. The average Bonchev–Trinajstić information content (AvgIpc) is 2.90. The molecule has 0 saturated heterocycles. The summed E-state index contributed by atoms with van der Waals surface area (Å²) in [4.78, 5) is 12.4. The van der Waals surface area contributed by atoms with Gasteiger partial charge in [-0.1, -0.05) is 0 Å². The van der Waals surface area contributed by atoms with Crippen LogP contribution in [0.25, 0.3) is 0 Å². The van der Waals surface area contributed by atoms with Gasteiger partial charge in [0.1, 0.15) is 0 Å². The predicted molar refractivity (Wildman–Crippen MR) is 78.3 cm³/mol. The number of ether oxygens (including phenoxy) is 3. The Bertz CT molecular complexity index is 611. The fraction of sp³-hybridized carbons (Fsp3) is 0.214. The molecule has 20 heavy (non-hydrogen) atoms. The zero-order valence-electron chi connectivity index (χ0n) is 11.4. The van der Waals surface area contributed by atoms with Crippen LogP contribution in [0.4, 0.5) is 5.00 Å². The van der Waals surface area contributed by atoms with E-state index < -0.39 is 0 Å². The van der Waals surface area contributed by atoms with E-state index >= 15 is 0 Å². The lowest BCUT2D eigenvalue weighted by Crippen LogP contribution is -2.05. The fourth-order valence-corrected chi connectivity index (χ4v) is 2.51. The van der Waals surface area contributed by atoms with Gasteiger partial charge in [0, 0.05) is 5.56 Å². The second-order valence-electron chi connectivity index (χ2n) is 3.94. The van der Waals surface area contributed by atoms with Crippen LogP contribution in [-0.4, -0.2) is 27.1 Å². The first kappa shape index (κ1) is 14.2. The zero-order valence-corrected chi connectivity index (χ0v) is 12.2. The van der Waals surface area contributed by atoms with Crippen molar-refractivity contribution in [1.82, 2.24) is 0 Å². The Hall–Kier alpha value is -2.21. The molecule has 1 heterocycles. The van der Waals surface area contributed by atoms with Gasteiger partial charge in [-0.3, -0.25) is 4.79 Å². The Morgan fingerprint density at radius 2 is 1.70 bits per heavy atom. The number of methoxy groups -OCH3 is 3. The Labute approximate surface area is 120 Å². The third-order valence-corrected chi connectivity index (χ3v) is 3.61. The SMILES string of the molecule is COc1cc(C(=O)c2ccsc2N)cc(OC)c1OC. The van der Waals surface area contributed by atoms with Crippen molar-refractivity contribution in [2.24, 2.45) is 0 Å². The summed E-state index contributed by atoms with van der Waals surface area (Å²) < 4.78 is 15.7. The van der Waals surface area contributed by atoms with Crippen LogP contribution in [0.2, 0.25) is 0 Å². The third kappa shape index (κ3) is 2.42. The molecule has 0 aliphatic rings. The predicted octanol–water partition coefficient (Wildman–Crippen LogP) is 2.59. The number of ketones is 1. The molecule has 2 rings (SSSR count). The topological polar surface area (TPSA) is 70.8 Å². The molecule has 0 bridgehead atoms. The number of carbonyl (C=O) groups excluding carboxylic acids is 1. The highest BCUT2D eigenvalue weighted by atomic mass is 32.1. The van der Waals surface area contributed by atoms with Gasteiger partial charge in [0.25, 0.3) is 0 Å². The maximum absolute atomic E-state index is 12.4. The van der Waals surface area contributed by atoms with Crippen molar-refractivity contribution in [2.45, 2.75) is 0 Å². The van der Waals surface area contributed by atoms with Crippen molar-refractivity contribution in [3.63, 3.8) is 0 Å². The van der Waals surface area contributed by atoms with Gasteiger partial charge in [0.05, 0.1) is 31.9 Å². The highest BCUT2D eigenvalue weighted by Gasteiger charge is 2.19. The molecule has 6 heteroatoms. The summed E-state index contributed by atoms with van der Waals surface area (Å²) in [5.41, 5.74) is 6.70. The van der Waals surface area contributed by atoms with Crippen LogP contribution >= 0.6 is 11.3 Å². The fourth-order valence-electron chi connectivity index (χ4n) is 1.88. The molecule has 2 N–H and O–H groups in total. The van der Waals surface area contributed by atoms with E-state index in [2.05, 4.69) is 0 Å². The van der Waals surface area contributed by atoms with Crippen LogP contribution in [-0.2, 0) is 0 Å². The van der Waals surface area contributed by atoms with Crippen LogP contribution in [0, 0.1) is 0 Å². The summed E-state index contributed by atoms with van der Waals surface area (Å²) in [6.07, 6.45) is 0. The molecule has 0 aliphatic carbocycles. The molecule has 106 valence electrons. The van der Waals surface area contributed by atoms with E-state index in [0.717, 1.165) is 0 Å². The number of hydrogen-bond acceptors (Lipinski definition) is 6. The standard InChI is InChI=1S/C14H15NO4S/c1-17-10-6-8(7-11(18-2)13(10)19-3)12(16)9-4-5-20-14(9)15/h4-7H,15H2,1-3H3. The number of hydrogen-bond donors (Lipinski definition) is 1. The van der Waals surface area contributed by atoms with Gasteiger partial charge in [0.15, 0.2) is 17.3 Å². The molecule has 0 spiro atoms. The zero-order chi connectivity index (χ0) is 14.7. The third-order valence-electron chi connectivity index (χ3n) is 2.87. The number of nitrogens with two attached hydrogens (primary N) is 1. The van der Waals surface area contributed by atoms with Gasteiger partial charge in [-0.2, -0.15) is 0 Å². The van der Waals surface area contributed by atoms with Gasteiger partial charge in [0.2, 0.25) is 5.75 Å². The Morgan fingerprint density at radius 1 is 1.10 bits per heavy atom. The van der Waals surface area contributed by atoms with Crippen molar-refractivity contribution in [3.8, 4) is 17.2 Å². The number of thiophene rings is 1. The quantitative estimate of drug-likeness (QED) is 0.858. The van der Waals surface area contributed by atoms with Crippen molar-refractivity contribution >= 4 is 22.1 Å². The molecule has 2 aromatic rings. The number of nitrogen functional groups attached to an aromatic ring is 1. The minimum absolute atomic E-state index is 0.178. The van der Waals surface area contributed by atoms with Gasteiger partial charge in [-0.25, -0.2) is 0 Å². The second-order valence-corrected chi connectivity index (χ2v) is 4.89. The van der Waals surface area contributed by atoms with Crippen LogP contribution in [0.15, 0.2) is 23.6 Å². The van der Waals surface area contributed by atoms with Crippen molar-refractivity contribution in [2.75, 3.05) is 27.1 Å². The van der Waals surface area contributed by atoms with Gasteiger partial charge in [-0.15, -0.1) is 11.3 Å². The molecule has 0 saturated carbocycles. The van der Waals surface area contributed by atoms with E-state index in [-0.39, 0.29) is 5.78 Å². The minimum atomic E-state index is -0.178. The summed E-state index contributed by atoms with van der Waals surface area (Å²) >= 11 is 1.32. The van der Waals surface area contributed by atoms with Crippen molar-refractivity contribution in [1.29, 1.82) is 0 Å². The summed E-state index contributed by atoms with van der Waals surface area (Å²) in [5, 5.41) is 2.27. The number of rotatable bonds is 5. The summed E-state index contributed by atoms with van der Waals surface area (Å²) in [6, 6.07) is 4.92. The maximum Gasteiger partial charge on any atom is 0.203 e. The molecule has 0 aliphatic heterocycles. The molecule has 5 nitrogen and oxygen atoms in total.